The van der Waals surface area contributed by atoms with Gasteiger partial charge < -0.3 is 24.8 Å². The number of aliphatic imine (C=N–C) groups is 1. The van der Waals surface area contributed by atoms with Crippen LogP contribution in [0.25, 0.3) is 0 Å². The Kier molecular flexibility index (Phi) is 12.9. The average Bonchev–Trinajstić information content (AvgIpc) is 2.76. The lowest BCUT2D eigenvalue weighted by Gasteiger charge is -2.16. The predicted molar refractivity (Wildman–Crippen MR) is 133 cm³/mol. The van der Waals surface area contributed by atoms with Gasteiger partial charge in [-0.15, -0.1) is 24.0 Å². The summed E-state index contributed by atoms with van der Waals surface area (Å²) in [4.78, 5) is 4.67. The number of methoxy groups -OCH3 is 2. The second-order valence-corrected chi connectivity index (χ2v) is 6.87. The van der Waals surface area contributed by atoms with Crippen LogP contribution in [-0.4, -0.2) is 39.9 Å². The van der Waals surface area contributed by atoms with E-state index in [4.69, 9.17) is 14.2 Å². The van der Waals surface area contributed by atoms with E-state index < -0.39 is 0 Å². The third kappa shape index (κ3) is 9.21. The van der Waals surface area contributed by atoms with Gasteiger partial charge in [0, 0.05) is 13.1 Å². The van der Waals surface area contributed by atoms with Crippen LogP contribution < -0.4 is 20.1 Å². The second kappa shape index (κ2) is 14.9. The monoisotopic (exact) mass is 527 g/mol. The number of halogens is 1. The molecule has 1 unspecified atom stereocenters. The van der Waals surface area contributed by atoms with E-state index in [9.17, 15) is 0 Å². The summed E-state index contributed by atoms with van der Waals surface area (Å²) in [5.74, 6) is 2.58. The molecule has 0 bridgehead atoms. The van der Waals surface area contributed by atoms with Gasteiger partial charge in [-0.25, -0.2) is 4.99 Å². The van der Waals surface area contributed by atoms with Crippen LogP contribution in [0.5, 0.6) is 11.5 Å². The molecule has 0 fully saturated rings. The number of ether oxygens (including phenoxy) is 3. The van der Waals surface area contributed by atoms with Gasteiger partial charge in [0.1, 0.15) is 0 Å². The molecule has 6 nitrogen and oxygen atoms in total. The van der Waals surface area contributed by atoms with Crippen LogP contribution in [0.4, 0.5) is 0 Å². The lowest BCUT2D eigenvalue weighted by Crippen LogP contribution is -2.40. The Bertz CT molecular complexity index is 757. The van der Waals surface area contributed by atoms with E-state index in [-0.39, 0.29) is 24.0 Å². The fraction of sp³-hybridized carbons (Fsp3) is 0.435. The Hall–Kier alpha value is -2.00. The van der Waals surface area contributed by atoms with Gasteiger partial charge in [-0.05, 0) is 36.1 Å². The van der Waals surface area contributed by atoms with E-state index in [1.807, 2.05) is 36.4 Å². The maximum absolute atomic E-state index is 5.82. The van der Waals surface area contributed by atoms with Gasteiger partial charge in [0.15, 0.2) is 17.5 Å². The van der Waals surface area contributed by atoms with Crippen LogP contribution in [0, 0.1) is 5.92 Å². The molecule has 0 radical (unpaired) electrons. The second-order valence-electron chi connectivity index (χ2n) is 6.87. The molecule has 1 atom stereocenters. The Morgan fingerprint density at radius 3 is 2.37 bits per heavy atom. The highest BCUT2D eigenvalue weighted by Gasteiger charge is 2.07. The summed E-state index contributed by atoms with van der Waals surface area (Å²) in [6.07, 6.45) is 0. The zero-order valence-corrected chi connectivity index (χ0v) is 20.6. The highest BCUT2D eigenvalue weighted by atomic mass is 127. The van der Waals surface area contributed by atoms with E-state index in [1.54, 1.807) is 14.2 Å². The number of hydrogen-bond donors (Lipinski definition) is 2. The first kappa shape index (κ1) is 26.0. The summed E-state index contributed by atoms with van der Waals surface area (Å²) in [6.45, 7) is 7.68. The highest BCUT2D eigenvalue weighted by Crippen LogP contribution is 2.27. The van der Waals surface area contributed by atoms with E-state index in [0.717, 1.165) is 30.4 Å². The third-order valence-electron chi connectivity index (χ3n) is 4.34. The van der Waals surface area contributed by atoms with Crippen LogP contribution in [0.2, 0.25) is 0 Å². The van der Waals surface area contributed by atoms with Crippen LogP contribution in [0.1, 0.15) is 25.0 Å². The summed E-state index contributed by atoms with van der Waals surface area (Å²) < 4.78 is 16.5. The quantitative estimate of drug-likeness (QED) is 0.260. The fourth-order valence-electron chi connectivity index (χ4n) is 2.77. The molecule has 2 N–H and O–H groups in total. The molecule has 0 aliphatic heterocycles. The number of benzene rings is 2. The maximum atomic E-state index is 5.82. The molecule has 0 amide bonds. The minimum atomic E-state index is 0. The molecule has 7 heteroatoms. The Morgan fingerprint density at radius 1 is 0.967 bits per heavy atom. The van der Waals surface area contributed by atoms with Crippen molar-refractivity contribution in [1.29, 1.82) is 0 Å². The van der Waals surface area contributed by atoms with Crippen molar-refractivity contribution in [1.82, 2.24) is 10.6 Å². The third-order valence-corrected chi connectivity index (χ3v) is 4.34. The summed E-state index contributed by atoms with van der Waals surface area (Å²) in [5, 5.41) is 6.68. The smallest absolute Gasteiger partial charge is 0.191 e. The van der Waals surface area contributed by atoms with Gasteiger partial charge in [-0.1, -0.05) is 43.3 Å². The fourth-order valence-corrected chi connectivity index (χ4v) is 2.77. The summed E-state index contributed by atoms with van der Waals surface area (Å²) in [7, 11) is 3.27. The lowest BCUT2D eigenvalue weighted by molar-refractivity contribution is 0.0931. The van der Waals surface area contributed by atoms with Crippen LogP contribution in [-0.2, 0) is 17.9 Å². The number of rotatable bonds is 11. The summed E-state index contributed by atoms with van der Waals surface area (Å²) in [6, 6.07) is 16.1. The topological polar surface area (TPSA) is 64.1 Å². The van der Waals surface area contributed by atoms with E-state index in [2.05, 4.69) is 41.6 Å². The zero-order valence-electron chi connectivity index (χ0n) is 18.3. The van der Waals surface area contributed by atoms with Crippen molar-refractivity contribution < 1.29 is 14.2 Å². The first-order chi connectivity index (χ1) is 14.2. The van der Waals surface area contributed by atoms with Crippen LogP contribution in [0.15, 0.2) is 53.5 Å². The highest BCUT2D eigenvalue weighted by molar-refractivity contribution is 14.0. The van der Waals surface area contributed by atoms with Crippen LogP contribution >= 0.6 is 24.0 Å². The van der Waals surface area contributed by atoms with E-state index >= 15 is 0 Å². The molecule has 0 aliphatic rings. The average molecular weight is 527 g/mol. The van der Waals surface area contributed by atoms with Crippen molar-refractivity contribution in [2.45, 2.75) is 27.0 Å². The van der Waals surface area contributed by atoms with Crippen molar-refractivity contribution in [3.63, 3.8) is 0 Å². The number of guanidine groups is 1. The van der Waals surface area contributed by atoms with Gasteiger partial charge >= 0.3 is 0 Å². The zero-order chi connectivity index (χ0) is 20.9. The molecule has 0 aliphatic carbocycles. The van der Waals surface area contributed by atoms with Crippen molar-refractivity contribution in [3.05, 3.63) is 59.7 Å². The predicted octanol–water partition coefficient (Wildman–Crippen LogP) is 4.23. The van der Waals surface area contributed by atoms with Gasteiger partial charge in [-0.2, -0.15) is 0 Å². The first-order valence-corrected chi connectivity index (χ1v) is 10.0. The molecule has 2 aromatic rings. The van der Waals surface area contributed by atoms with E-state index in [1.165, 1.54) is 5.56 Å². The molecular formula is C23H34IN3O3. The molecular weight excluding hydrogens is 493 g/mol. The number of nitrogens with one attached hydrogen (secondary N) is 2. The Balaban J connectivity index is 0.00000450. The summed E-state index contributed by atoms with van der Waals surface area (Å²) >= 11 is 0. The van der Waals surface area contributed by atoms with Gasteiger partial charge in [0.25, 0.3) is 0 Å². The maximum Gasteiger partial charge on any atom is 0.191 e. The Morgan fingerprint density at radius 2 is 1.70 bits per heavy atom. The molecule has 0 saturated carbocycles. The standard InChI is InChI=1S/C23H33N3O3.HI/c1-5-24-23(26-15-20-11-12-21(27-3)22(13-20)28-4)25-14-18(2)16-29-17-19-9-7-6-8-10-19;/h6-13,18H,5,14-17H2,1-4H3,(H2,24,25,26);1H. The largest absolute Gasteiger partial charge is 0.493 e. The SMILES string of the molecule is CCNC(=NCc1ccc(OC)c(OC)c1)NCC(C)COCc1ccccc1.I. The van der Waals surface area contributed by atoms with Crippen LogP contribution in [0.3, 0.4) is 0 Å². The molecule has 0 saturated heterocycles. The van der Waals surface area contributed by atoms with Gasteiger partial charge in [0.2, 0.25) is 0 Å². The molecule has 166 valence electrons. The molecule has 0 heterocycles. The molecule has 0 aromatic heterocycles. The van der Waals surface area contributed by atoms with Gasteiger partial charge in [-0.3, -0.25) is 0 Å². The van der Waals surface area contributed by atoms with E-state index in [0.29, 0.717) is 31.4 Å². The number of hydrogen-bond acceptors (Lipinski definition) is 4. The van der Waals surface area contributed by atoms with Crippen molar-refractivity contribution in [2.24, 2.45) is 10.9 Å². The molecule has 30 heavy (non-hydrogen) atoms. The number of nitrogens with zero attached hydrogens (tertiary/aromatic N) is 1. The lowest BCUT2D eigenvalue weighted by atomic mass is 10.2. The Labute approximate surface area is 197 Å². The van der Waals surface area contributed by atoms with Crippen molar-refractivity contribution in [3.8, 4) is 11.5 Å². The summed E-state index contributed by atoms with van der Waals surface area (Å²) in [5.41, 5.74) is 2.25. The minimum absolute atomic E-state index is 0. The molecule has 2 aromatic carbocycles. The molecule has 0 spiro atoms. The van der Waals surface area contributed by atoms with Gasteiger partial charge in [0.05, 0.1) is 34.0 Å². The molecule has 2 rings (SSSR count). The van der Waals surface area contributed by atoms with Crippen molar-refractivity contribution in [2.75, 3.05) is 33.9 Å². The van der Waals surface area contributed by atoms with Crippen molar-refractivity contribution >= 4 is 29.9 Å². The minimum Gasteiger partial charge on any atom is -0.493 e. The first-order valence-electron chi connectivity index (χ1n) is 10.0. The normalized spacial score (nSPS) is 11.9.